The van der Waals surface area contributed by atoms with E-state index in [1.165, 1.54) is 6.33 Å². The minimum atomic E-state index is -0.175. The molecule has 26 heavy (non-hydrogen) atoms. The van der Waals surface area contributed by atoms with Gasteiger partial charge in [-0.15, -0.1) is 5.10 Å². The number of aromatic nitrogens is 4. The number of aryl methyl sites for hydroxylation is 1. The van der Waals surface area contributed by atoms with Crippen molar-refractivity contribution in [2.45, 2.75) is 33.6 Å². The predicted octanol–water partition coefficient (Wildman–Crippen LogP) is 1.80. The van der Waals surface area contributed by atoms with Gasteiger partial charge in [0.15, 0.2) is 0 Å². The van der Waals surface area contributed by atoms with Crippen molar-refractivity contribution in [2.75, 3.05) is 18.4 Å². The van der Waals surface area contributed by atoms with Gasteiger partial charge in [0.25, 0.3) is 0 Å². The third-order valence-electron chi connectivity index (χ3n) is 4.66. The van der Waals surface area contributed by atoms with Crippen molar-refractivity contribution in [2.24, 2.45) is 11.8 Å². The molecule has 0 aliphatic carbocycles. The number of likely N-dealkylation sites (tertiary alicyclic amines) is 1. The van der Waals surface area contributed by atoms with E-state index in [2.05, 4.69) is 20.8 Å². The maximum atomic E-state index is 12.6. The van der Waals surface area contributed by atoms with Crippen molar-refractivity contribution < 1.29 is 9.59 Å². The topological polar surface area (TPSA) is 93.0 Å². The molecule has 0 radical (unpaired) electrons. The first-order valence-corrected chi connectivity index (χ1v) is 8.89. The molecule has 0 saturated carbocycles. The third-order valence-corrected chi connectivity index (χ3v) is 4.66. The van der Waals surface area contributed by atoms with E-state index in [1.807, 2.05) is 43.9 Å². The molecule has 1 N–H and O–H groups in total. The molecule has 2 amide bonds. The molecule has 1 fully saturated rings. The number of hydrogen-bond acceptors (Lipinski definition) is 5. The number of piperidine rings is 1. The van der Waals surface area contributed by atoms with Crippen molar-refractivity contribution in [3.63, 3.8) is 0 Å². The fourth-order valence-electron chi connectivity index (χ4n) is 3.26. The van der Waals surface area contributed by atoms with Crippen LogP contribution in [-0.2, 0) is 9.59 Å². The van der Waals surface area contributed by atoms with E-state index in [4.69, 9.17) is 0 Å². The molecule has 0 unspecified atom stereocenters. The highest BCUT2D eigenvalue weighted by molar-refractivity contribution is 5.93. The summed E-state index contributed by atoms with van der Waals surface area (Å²) in [4.78, 5) is 26.6. The Balaban J connectivity index is 1.66. The van der Waals surface area contributed by atoms with E-state index in [-0.39, 0.29) is 23.7 Å². The molecule has 1 aromatic heterocycles. The Kier molecular flexibility index (Phi) is 5.29. The van der Waals surface area contributed by atoms with E-state index in [0.29, 0.717) is 6.54 Å². The maximum Gasteiger partial charge on any atom is 0.229 e. The van der Waals surface area contributed by atoms with Gasteiger partial charge in [0.05, 0.1) is 11.6 Å². The first-order valence-electron chi connectivity index (χ1n) is 8.89. The van der Waals surface area contributed by atoms with Crippen LogP contribution in [0.1, 0.15) is 32.3 Å². The highest BCUT2D eigenvalue weighted by atomic mass is 16.2. The zero-order valence-electron chi connectivity index (χ0n) is 15.3. The van der Waals surface area contributed by atoms with Crippen molar-refractivity contribution in [3.8, 4) is 5.69 Å². The molecule has 138 valence electrons. The number of anilines is 1. The number of benzene rings is 1. The predicted molar refractivity (Wildman–Crippen MR) is 96.7 cm³/mol. The van der Waals surface area contributed by atoms with Gasteiger partial charge in [-0.25, -0.2) is 4.68 Å². The summed E-state index contributed by atoms with van der Waals surface area (Å²) >= 11 is 0. The number of tetrazole rings is 1. The van der Waals surface area contributed by atoms with Crippen LogP contribution in [0.4, 0.5) is 5.69 Å². The van der Waals surface area contributed by atoms with Crippen molar-refractivity contribution in [1.82, 2.24) is 25.1 Å². The van der Waals surface area contributed by atoms with E-state index < -0.39 is 0 Å². The van der Waals surface area contributed by atoms with Crippen LogP contribution in [0, 0.1) is 18.8 Å². The SMILES string of the molecule is Cc1cc(NC(=O)[C@H]2CCCN(C(=O)C(C)C)C2)ccc1-n1cnnn1. The standard InChI is InChI=1S/C18H24N6O2/c1-12(2)18(26)23-8-4-5-14(10-23)17(25)20-15-6-7-16(13(3)9-15)24-11-19-21-22-24/h6-7,9,11-12,14H,4-5,8,10H2,1-3H3,(H,20,25)/t14-/m0/s1. The molecule has 2 heterocycles. The lowest BCUT2D eigenvalue weighted by molar-refractivity contribution is -0.137. The fraction of sp³-hybridized carbons (Fsp3) is 0.500. The molecule has 1 atom stereocenters. The summed E-state index contributed by atoms with van der Waals surface area (Å²) in [5.41, 5.74) is 2.55. The summed E-state index contributed by atoms with van der Waals surface area (Å²) in [5.74, 6) is -0.144. The van der Waals surface area contributed by atoms with Crippen LogP contribution in [-0.4, -0.2) is 50.0 Å². The summed E-state index contributed by atoms with van der Waals surface area (Å²) in [6.45, 7) is 6.95. The highest BCUT2D eigenvalue weighted by Gasteiger charge is 2.29. The Hall–Kier alpha value is -2.77. The first-order chi connectivity index (χ1) is 12.5. The van der Waals surface area contributed by atoms with Crippen LogP contribution >= 0.6 is 0 Å². The molecule has 8 nitrogen and oxygen atoms in total. The maximum absolute atomic E-state index is 12.6. The number of carbonyl (C=O) groups is 2. The molecule has 0 spiro atoms. The van der Waals surface area contributed by atoms with E-state index in [9.17, 15) is 9.59 Å². The fourth-order valence-corrected chi connectivity index (χ4v) is 3.26. The van der Waals surface area contributed by atoms with Crippen molar-refractivity contribution >= 4 is 17.5 Å². The Labute approximate surface area is 152 Å². The number of hydrogen-bond donors (Lipinski definition) is 1. The number of amides is 2. The Morgan fingerprint density at radius 1 is 1.31 bits per heavy atom. The van der Waals surface area contributed by atoms with Gasteiger partial charge in [-0.3, -0.25) is 9.59 Å². The molecule has 0 bridgehead atoms. The highest BCUT2D eigenvalue weighted by Crippen LogP contribution is 2.22. The second kappa shape index (κ2) is 7.63. The lowest BCUT2D eigenvalue weighted by Crippen LogP contribution is -2.45. The van der Waals surface area contributed by atoms with Crippen LogP contribution < -0.4 is 5.32 Å². The second-order valence-corrected chi connectivity index (χ2v) is 7.02. The molecule has 1 aromatic carbocycles. The summed E-state index contributed by atoms with van der Waals surface area (Å²) in [5, 5.41) is 14.1. The van der Waals surface area contributed by atoms with Crippen molar-refractivity contribution in [3.05, 3.63) is 30.1 Å². The second-order valence-electron chi connectivity index (χ2n) is 7.02. The van der Waals surface area contributed by atoms with E-state index in [1.54, 1.807) is 4.68 Å². The van der Waals surface area contributed by atoms with Gasteiger partial charge in [-0.05, 0) is 54.0 Å². The normalized spacial score (nSPS) is 17.4. The van der Waals surface area contributed by atoms with Crippen LogP contribution in [0.15, 0.2) is 24.5 Å². The zero-order valence-corrected chi connectivity index (χ0v) is 15.3. The van der Waals surface area contributed by atoms with E-state index >= 15 is 0 Å². The van der Waals surface area contributed by atoms with Gasteiger partial charge in [0.1, 0.15) is 6.33 Å². The summed E-state index contributed by atoms with van der Waals surface area (Å²) in [7, 11) is 0. The molecular weight excluding hydrogens is 332 g/mol. The van der Waals surface area contributed by atoms with Gasteiger partial charge < -0.3 is 10.2 Å². The average molecular weight is 356 g/mol. The van der Waals surface area contributed by atoms with Gasteiger partial charge in [-0.2, -0.15) is 0 Å². The van der Waals surface area contributed by atoms with Crippen molar-refractivity contribution in [1.29, 1.82) is 0 Å². The minimum absolute atomic E-state index is 0.0409. The quantitative estimate of drug-likeness (QED) is 0.902. The lowest BCUT2D eigenvalue weighted by Gasteiger charge is -2.33. The Morgan fingerprint density at radius 2 is 2.12 bits per heavy atom. The van der Waals surface area contributed by atoms with Crippen LogP contribution in [0.3, 0.4) is 0 Å². The van der Waals surface area contributed by atoms with Gasteiger partial charge in [0, 0.05) is 24.7 Å². The van der Waals surface area contributed by atoms with Gasteiger partial charge in [-0.1, -0.05) is 13.8 Å². The van der Waals surface area contributed by atoms with Gasteiger partial charge >= 0.3 is 0 Å². The molecule has 1 aliphatic heterocycles. The monoisotopic (exact) mass is 356 g/mol. The van der Waals surface area contributed by atoms with Gasteiger partial charge in [0.2, 0.25) is 11.8 Å². The van der Waals surface area contributed by atoms with Crippen LogP contribution in [0.5, 0.6) is 0 Å². The Bertz CT molecular complexity index is 787. The largest absolute Gasteiger partial charge is 0.342 e. The number of rotatable bonds is 4. The van der Waals surface area contributed by atoms with E-state index in [0.717, 1.165) is 36.3 Å². The first kappa shape index (κ1) is 18.0. The van der Waals surface area contributed by atoms with Crippen LogP contribution in [0.25, 0.3) is 5.69 Å². The Morgan fingerprint density at radius 3 is 2.77 bits per heavy atom. The molecular formula is C18H24N6O2. The molecule has 3 rings (SSSR count). The van der Waals surface area contributed by atoms with Crippen LogP contribution in [0.2, 0.25) is 0 Å². The average Bonchev–Trinajstić information content (AvgIpc) is 3.15. The lowest BCUT2D eigenvalue weighted by atomic mass is 9.96. The number of carbonyl (C=O) groups excluding carboxylic acids is 2. The molecule has 8 heteroatoms. The summed E-state index contributed by atoms with van der Waals surface area (Å²) in [6, 6.07) is 5.60. The zero-order chi connectivity index (χ0) is 18.7. The summed E-state index contributed by atoms with van der Waals surface area (Å²) < 4.78 is 1.58. The minimum Gasteiger partial charge on any atom is -0.342 e. The number of nitrogens with one attached hydrogen (secondary N) is 1. The molecule has 1 aliphatic rings. The number of nitrogens with zero attached hydrogens (tertiary/aromatic N) is 5. The summed E-state index contributed by atoms with van der Waals surface area (Å²) in [6.07, 6.45) is 3.19. The smallest absolute Gasteiger partial charge is 0.229 e. The molecule has 2 aromatic rings. The molecule has 1 saturated heterocycles. The third kappa shape index (κ3) is 3.89.